The maximum atomic E-state index is 12.4. The minimum atomic E-state index is -0.294. The lowest BCUT2D eigenvalue weighted by Gasteiger charge is -2.31. The second-order valence-corrected chi connectivity index (χ2v) is 5.44. The number of hydrogen-bond donors (Lipinski definition) is 1. The van der Waals surface area contributed by atoms with Crippen molar-refractivity contribution in [3.63, 3.8) is 0 Å². The summed E-state index contributed by atoms with van der Waals surface area (Å²) in [7, 11) is 0. The Morgan fingerprint density at radius 3 is 2.90 bits per heavy atom. The molecule has 2 rings (SSSR count). The standard InChI is InChI=1S/C15H18ClNO4/c1-2-21-15(20)10-4-3-7-17(9-10)14(19)12-6-5-11(16)8-13(12)18/h5-6,8,10,18H,2-4,7,9H2,1H3/t10-/m1/s1. The highest BCUT2D eigenvalue weighted by atomic mass is 35.5. The van der Waals surface area contributed by atoms with Crippen molar-refractivity contribution in [2.75, 3.05) is 19.7 Å². The van der Waals surface area contributed by atoms with Crippen LogP contribution in [-0.4, -0.2) is 41.6 Å². The summed E-state index contributed by atoms with van der Waals surface area (Å²) < 4.78 is 5.01. The zero-order valence-corrected chi connectivity index (χ0v) is 12.6. The normalized spacial score (nSPS) is 18.4. The number of amides is 1. The van der Waals surface area contributed by atoms with E-state index < -0.39 is 0 Å². The number of ether oxygens (including phenoxy) is 1. The van der Waals surface area contributed by atoms with Crippen LogP contribution in [-0.2, 0) is 9.53 Å². The molecule has 1 N–H and O–H groups in total. The molecule has 1 amide bonds. The van der Waals surface area contributed by atoms with E-state index in [9.17, 15) is 14.7 Å². The molecule has 1 aliphatic heterocycles. The van der Waals surface area contributed by atoms with Crippen molar-refractivity contribution in [3.8, 4) is 5.75 Å². The predicted octanol–water partition coefficient (Wildman–Crippen LogP) is 2.46. The maximum Gasteiger partial charge on any atom is 0.310 e. The number of carbonyl (C=O) groups excluding carboxylic acids is 2. The Hall–Kier alpha value is -1.75. The van der Waals surface area contributed by atoms with E-state index in [2.05, 4.69) is 0 Å². The topological polar surface area (TPSA) is 66.8 Å². The van der Waals surface area contributed by atoms with Crippen LogP contribution in [0.2, 0.25) is 5.02 Å². The molecule has 1 aromatic rings. The highest BCUT2D eigenvalue weighted by Gasteiger charge is 2.30. The summed E-state index contributed by atoms with van der Waals surface area (Å²) >= 11 is 5.76. The molecule has 5 nitrogen and oxygen atoms in total. The first-order valence-electron chi connectivity index (χ1n) is 6.97. The van der Waals surface area contributed by atoms with Crippen LogP contribution in [0, 0.1) is 5.92 Å². The third kappa shape index (κ3) is 3.67. The van der Waals surface area contributed by atoms with Crippen LogP contribution in [0.3, 0.4) is 0 Å². The quantitative estimate of drug-likeness (QED) is 0.871. The summed E-state index contributed by atoms with van der Waals surface area (Å²) in [6.45, 7) is 2.98. The first-order chi connectivity index (χ1) is 10.0. The van der Waals surface area contributed by atoms with E-state index in [4.69, 9.17) is 16.3 Å². The van der Waals surface area contributed by atoms with Crippen molar-refractivity contribution in [1.29, 1.82) is 0 Å². The van der Waals surface area contributed by atoms with E-state index in [1.54, 1.807) is 17.9 Å². The number of phenols is 1. The largest absolute Gasteiger partial charge is 0.507 e. The fraction of sp³-hybridized carbons (Fsp3) is 0.467. The Balaban J connectivity index is 2.10. The van der Waals surface area contributed by atoms with Gasteiger partial charge >= 0.3 is 5.97 Å². The lowest BCUT2D eigenvalue weighted by Crippen LogP contribution is -2.42. The van der Waals surface area contributed by atoms with Crippen LogP contribution in [0.5, 0.6) is 5.75 Å². The van der Waals surface area contributed by atoms with Gasteiger partial charge in [0.05, 0.1) is 18.1 Å². The number of benzene rings is 1. The zero-order valence-electron chi connectivity index (χ0n) is 11.8. The Morgan fingerprint density at radius 2 is 2.24 bits per heavy atom. The van der Waals surface area contributed by atoms with Crippen LogP contribution in [0.15, 0.2) is 18.2 Å². The number of hydrogen-bond acceptors (Lipinski definition) is 4. The highest BCUT2D eigenvalue weighted by molar-refractivity contribution is 6.30. The van der Waals surface area contributed by atoms with Gasteiger partial charge in [-0.05, 0) is 38.0 Å². The minimum absolute atomic E-state index is 0.147. The summed E-state index contributed by atoms with van der Waals surface area (Å²) in [4.78, 5) is 25.8. The molecule has 1 heterocycles. The Morgan fingerprint density at radius 1 is 1.48 bits per heavy atom. The molecule has 0 bridgehead atoms. The average molecular weight is 312 g/mol. The molecule has 1 fully saturated rings. The molecule has 0 radical (unpaired) electrons. The monoisotopic (exact) mass is 311 g/mol. The summed E-state index contributed by atoms with van der Waals surface area (Å²) in [5.41, 5.74) is 0.198. The second kappa shape index (κ2) is 6.80. The van der Waals surface area contributed by atoms with Crippen molar-refractivity contribution in [2.45, 2.75) is 19.8 Å². The van der Waals surface area contributed by atoms with E-state index in [0.717, 1.165) is 12.8 Å². The highest BCUT2D eigenvalue weighted by Crippen LogP contribution is 2.26. The number of piperidine rings is 1. The number of rotatable bonds is 3. The summed E-state index contributed by atoms with van der Waals surface area (Å²) in [6.07, 6.45) is 1.46. The smallest absolute Gasteiger partial charge is 0.310 e. The number of nitrogens with zero attached hydrogens (tertiary/aromatic N) is 1. The molecular formula is C15H18ClNO4. The van der Waals surface area contributed by atoms with Gasteiger partial charge in [-0.2, -0.15) is 0 Å². The van der Waals surface area contributed by atoms with Gasteiger partial charge in [-0.1, -0.05) is 11.6 Å². The van der Waals surface area contributed by atoms with Crippen molar-refractivity contribution in [3.05, 3.63) is 28.8 Å². The molecule has 0 aliphatic carbocycles. The van der Waals surface area contributed by atoms with Crippen LogP contribution in [0.4, 0.5) is 0 Å². The first-order valence-corrected chi connectivity index (χ1v) is 7.35. The van der Waals surface area contributed by atoms with Gasteiger partial charge < -0.3 is 14.7 Å². The average Bonchev–Trinajstić information content (AvgIpc) is 2.47. The fourth-order valence-electron chi connectivity index (χ4n) is 2.47. The summed E-state index contributed by atoms with van der Waals surface area (Å²) in [5.74, 6) is -1.00. The molecule has 1 atom stereocenters. The minimum Gasteiger partial charge on any atom is -0.507 e. The van der Waals surface area contributed by atoms with Gasteiger partial charge in [-0.25, -0.2) is 0 Å². The Labute approximate surface area is 128 Å². The van der Waals surface area contributed by atoms with Gasteiger partial charge in [0.2, 0.25) is 0 Å². The summed E-state index contributed by atoms with van der Waals surface area (Å²) in [5, 5.41) is 10.2. The SMILES string of the molecule is CCOC(=O)[C@@H]1CCCN(C(=O)c2ccc(Cl)cc2O)C1. The van der Waals surface area contributed by atoms with Gasteiger partial charge in [0.25, 0.3) is 5.91 Å². The van der Waals surface area contributed by atoms with E-state index in [0.29, 0.717) is 24.7 Å². The Kier molecular flexibility index (Phi) is 5.07. The summed E-state index contributed by atoms with van der Waals surface area (Å²) in [6, 6.07) is 4.39. The number of halogens is 1. The van der Waals surface area contributed by atoms with E-state index in [-0.39, 0.29) is 29.1 Å². The first kappa shape index (κ1) is 15.6. The Bertz CT molecular complexity index is 546. The van der Waals surface area contributed by atoms with E-state index in [1.807, 2.05) is 0 Å². The maximum absolute atomic E-state index is 12.4. The third-order valence-electron chi connectivity index (χ3n) is 3.52. The van der Waals surface area contributed by atoms with Crippen molar-refractivity contribution < 1.29 is 19.4 Å². The predicted molar refractivity (Wildman–Crippen MR) is 78.4 cm³/mol. The number of likely N-dealkylation sites (tertiary alicyclic amines) is 1. The number of aromatic hydroxyl groups is 1. The molecule has 6 heteroatoms. The molecule has 0 saturated carbocycles. The van der Waals surface area contributed by atoms with Gasteiger partial charge in [0.1, 0.15) is 5.75 Å². The van der Waals surface area contributed by atoms with Crippen molar-refractivity contribution in [2.24, 2.45) is 5.92 Å². The number of carbonyl (C=O) groups is 2. The van der Waals surface area contributed by atoms with Gasteiger partial charge in [-0.15, -0.1) is 0 Å². The fourth-order valence-corrected chi connectivity index (χ4v) is 2.64. The van der Waals surface area contributed by atoms with Gasteiger partial charge in [0, 0.05) is 18.1 Å². The van der Waals surface area contributed by atoms with E-state index >= 15 is 0 Å². The third-order valence-corrected chi connectivity index (χ3v) is 3.75. The van der Waals surface area contributed by atoms with E-state index in [1.165, 1.54) is 12.1 Å². The zero-order chi connectivity index (χ0) is 15.4. The molecule has 1 saturated heterocycles. The molecule has 21 heavy (non-hydrogen) atoms. The van der Waals surface area contributed by atoms with Crippen LogP contribution < -0.4 is 0 Å². The molecule has 114 valence electrons. The van der Waals surface area contributed by atoms with Crippen molar-refractivity contribution in [1.82, 2.24) is 4.90 Å². The van der Waals surface area contributed by atoms with Crippen molar-refractivity contribution >= 4 is 23.5 Å². The lowest BCUT2D eigenvalue weighted by molar-refractivity contribution is -0.149. The van der Waals surface area contributed by atoms with Crippen LogP contribution in [0.25, 0.3) is 0 Å². The molecule has 0 spiro atoms. The number of phenolic OH excluding ortho intramolecular Hbond substituents is 1. The van der Waals surface area contributed by atoms with Crippen LogP contribution in [0.1, 0.15) is 30.1 Å². The second-order valence-electron chi connectivity index (χ2n) is 5.00. The number of esters is 1. The lowest BCUT2D eigenvalue weighted by atomic mass is 9.97. The molecular weight excluding hydrogens is 294 g/mol. The molecule has 0 aromatic heterocycles. The van der Waals surface area contributed by atoms with Gasteiger partial charge in [0.15, 0.2) is 0 Å². The molecule has 1 aromatic carbocycles. The molecule has 0 unspecified atom stereocenters. The van der Waals surface area contributed by atoms with Gasteiger partial charge in [-0.3, -0.25) is 9.59 Å². The molecule has 1 aliphatic rings. The van der Waals surface area contributed by atoms with Crippen LogP contribution >= 0.6 is 11.6 Å².